The highest BCUT2D eigenvalue weighted by atomic mass is 16.3. The Kier molecular flexibility index (Phi) is 2.35. The second-order valence-electron chi connectivity index (χ2n) is 5.60. The smallest absolute Gasteiger partial charge is 0.431 e. The van der Waals surface area contributed by atoms with E-state index in [0.717, 1.165) is 33.4 Å². The summed E-state index contributed by atoms with van der Waals surface area (Å²) in [6.45, 7) is 0. The van der Waals surface area contributed by atoms with Crippen molar-refractivity contribution in [3.8, 4) is 0 Å². The Morgan fingerprint density at radius 3 is 2.57 bits per heavy atom. The number of rotatable bonds is 1. The molecule has 0 N–H and O–H groups in total. The monoisotopic (exact) mass is 299 g/mol. The van der Waals surface area contributed by atoms with Gasteiger partial charge in [-0.3, -0.25) is 0 Å². The summed E-state index contributed by atoms with van der Waals surface area (Å²) in [5, 5.41) is 2.10. The molecule has 0 fully saturated rings. The quantitative estimate of drug-likeness (QED) is 0.491. The second kappa shape index (κ2) is 4.38. The fourth-order valence-electron chi connectivity index (χ4n) is 3.17. The van der Waals surface area contributed by atoms with Crippen LogP contribution in [0.5, 0.6) is 0 Å². The van der Waals surface area contributed by atoms with Crippen LogP contribution in [0.1, 0.15) is 0 Å². The van der Waals surface area contributed by atoms with Crippen LogP contribution >= 0.6 is 0 Å². The Hall–Kier alpha value is -3.23. The molecule has 0 aliphatic carbocycles. The van der Waals surface area contributed by atoms with Crippen LogP contribution in [0.2, 0.25) is 0 Å². The van der Waals surface area contributed by atoms with Crippen molar-refractivity contribution in [1.82, 2.24) is 9.56 Å². The summed E-state index contributed by atoms with van der Waals surface area (Å²) in [4.78, 5) is 4.33. The minimum atomic E-state index is 0.663. The lowest BCUT2D eigenvalue weighted by molar-refractivity contribution is -0.394. The van der Waals surface area contributed by atoms with Crippen molar-refractivity contribution in [2.75, 3.05) is 7.05 Å². The average Bonchev–Trinajstić information content (AvgIpc) is 3.13. The predicted molar refractivity (Wildman–Crippen MR) is 90.3 cm³/mol. The molecule has 0 unspecified atom stereocenters. The highest BCUT2D eigenvalue weighted by Crippen LogP contribution is 2.38. The summed E-state index contributed by atoms with van der Waals surface area (Å²) in [5.41, 5.74) is 4.68. The molecule has 2 aromatic carbocycles. The Morgan fingerprint density at radius 2 is 1.65 bits per heavy atom. The van der Waals surface area contributed by atoms with Gasteiger partial charge in [-0.25, -0.2) is 4.98 Å². The van der Waals surface area contributed by atoms with Crippen LogP contribution < -0.4 is 4.58 Å². The summed E-state index contributed by atoms with van der Waals surface area (Å²) in [7, 11) is 2.00. The fourth-order valence-corrected chi connectivity index (χ4v) is 3.17. The van der Waals surface area contributed by atoms with Crippen molar-refractivity contribution in [3.05, 3.63) is 60.8 Å². The molecule has 0 atom stereocenters. The fraction of sp³-hybridized carbons (Fsp3) is 0.0526. The zero-order valence-corrected chi connectivity index (χ0v) is 12.5. The SMILES string of the molecule is C[N+]1=C=[N+](c2cccc3c2oc2ncccc23)c2ccccc21. The zero-order valence-electron chi connectivity index (χ0n) is 12.5. The van der Waals surface area contributed by atoms with Crippen molar-refractivity contribution in [3.63, 3.8) is 0 Å². The van der Waals surface area contributed by atoms with E-state index in [1.54, 1.807) is 6.20 Å². The van der Waals surface area contributed by atoms with Gasteiger partial charge in [0.15, 0.2) is 7.05 Å². The molecule has 5 rings (SSSR count). The third-order valence-electron chi connectivity index (χ3n) is 4.23. The van der Waals surface area contributed by atoms with Gasteiger partial charge >= 0.3 is 6.01 Å². The van der Waals surface area contributed by atoms with Crippen molar-refractivity contribution in [2.24, 2.45) is 0 Å². The predicted octanol–water partition coefficient (Wildman–Crippen LogP) is 4.28. The molecule has 4 aromatic rings. The van der Waals surface area contributed by atoms with Crippen LogP contribution in [0.4, 0.5) is 17.1 Å². The van der Waals surface area contributed by atoms with Crippen LogP contribution in [0.3, 0.4) is 0 Å². The van der Waals surface area contributed by atoms with Gasteiger partial charge in [-0.15, -0.1) is 0 Å². The van der Waals surface area contributed by atoms with Crippen LogP contribution in [-0.2, 0) is 0 Å². The standard InChI is InChI=1S/C19H13N3O/c1-21-12-22(16-9-3-2-8-15(16)21)17-10-4-6-13-14-7-5-11-20-19(14)23-18(13)17/h2-11H,1H3/q+2. The number of pyridine rings is 1. The number of aromatic nitrogens is 1. The third kappa shape index (κ3) is 1.64. The first-order chi connectivity index (χ1) is 11.3. The maximum Gasteiger partial charge on any atom is 0.496 e. The Labute approximate surface area is 132 Å². The summed E-state index contributed by atoms with van der Waals surface area (Å²) in [6.07, 6.45) is 1.75. The first-order valence-corrected chi connectivity index (χ1v) is 7.48. The van der Waals surface area contributed by atoms with Crippen molar-refractivity contribution in [1.29, 1.82) is 0 Å². The zero-order chi connectivity index (χ0) is 15.4. The van der Waals surface area contributed by atoms with Gasteiger partial charge in [0.05, 0.1) is 0 Å². The van der Waals surface area contributed by atoms with Gasteiger partial charge in [0, 0.05) is 35.2 Å². The molecule has 3 heterocycles. The third-order valence-corrected chi connectivity index (χ3v) is 4.23. The number of benzene rings is 2. The average molecular weight is 299 g/mol. The summed E-state index contributed by atoms with van der Waals surface area (Å²) >= 11 is 0. The molecular formula is C19H13N3O+2. The number of furan rings is 1. The molecule has 23 heavy (non-hydrogen) atoms. The molecular weight excluding hydrogens is 286 g/mol. The first kappa shape index (κ1) is 12.3. The van der Waals surface area contributed by atoms with Crippen LogP contribution in [0.15, 0.2) is 65.2 Å². The van der Waals surface area contributed by atoms with E-state index in [4.69, 9.17) is 4.42 Å². The molecule has 0 saturated carbocycles. The van der Waals surface area contributed by atoms with Gasteiger partial charge < -0.3 is 4.42 Å². The van der Waals surface area contributed by atoms with Gasteiger partial charge in [-0.1, -0.05) is 22.8 Å². The number of hydrogen-bond acceptors (Lipinski definition) is 2. The number of para-hydroxylation sites is 3. The van der Waals surface area contributed by atoms with Crippen molar-refractivity contribution < 1.29 is 8.99 Å². The first-order valence-electron chi connectivity index (χ1n) is 7.48. The second-order valence-corrected chi connectivity index (χ2v) is 5.60. The highest BCUT2D eigenvalue weighted by Gasteiger charge is 2.34. The van der Waals surface area contributed by atoms with E-state index >= 15 is 0 Å². The van der Waals surface area contributed by atoms with Crippen LogP contribution in [0.25, 0.3) is 22.1 Å². The normalized spacial score (nSPS) is 13.3. The van der Waals surface area contributed by atoms with Crippen molar-refractivity contribution >= 4 is 45.1 Å². The number of hydrogen-bond donors (Lipinski definition) is 0. The number of nitrogens with zero attached hydrogens (tertiary/aromatic N) is 3. The van der Waals surface area contributed by atoms with E-state index in [2.05, 4.69) is 29.2 Å². The lowest BCUT2D eigenvalue weighted by atomic mass is 10.1. The van der Waals surface area contributed by atoms with Crippen LogP contribution in [0, 0.1) is 0 Å². The minimum absolute atomic E-state index is 0.663. The van der Waals surface area contributed by atoms with Gasteiger partial charge in [0.1, 0.15) is 0 Å². The Morgan fingerprint density at radius 1 is 0.870 bits per heavy atom. The van der Waals surface area contributed by atoms with E-state index in [0.29, 0.717) is 5.71 Å². The molecule has 0 bridgehead atoms. The molecule has 4 heteroatoms. The lowest BCUT2D eigenvalue weighted by Gasteiger charge is -1.95. The van der Waals surface area contributed by atoms with E-state index in [1.165, 1.54) is 0 Å². The minimum Gasteiger partial charge on any atom is -0.431 e. The molecule has 4 nitrogen and oxygen atoms in total. The van der Waals surface area contributed by atoms with Gasteiger partial charge in [0.25, 0.3) is 17.1 Å². The summed E-state index contributed by atoms with van der Waals surface area (Å²) in [5.74, 6) is 0. The molecule has 1 aliphatic heterocycles. The van der Waals surface area contributed by atoms with Gasteiger partial charge in [0.2, 0.25) is 11.3 Å². The molecule has 108 valence electrons. The van der Waals surface area contributed by atoms with E-state index < -0.39 is 0 Å². The molecule has 0 amide bonds. The van der Waals surface area contributed by atoms with Gasteiger partial charge in [-0.2, -0.15) is 0 Å². The number of fused-ring (bicyclic) bond motifs is 4. The molecule has 2 aromatic heterocycles. The maximum atomic E-state index is 6.03. The molecule has 0 radical (unpaired) electrons. The molecule has 0 saturated heterocycles. The largest absolute Gasteiger partial charge is 0.496 e. The summed E-state index contributed by atoms with van der Waals surface area (Å²) in [6, 6.07) is 21.7. The Bertz CT molecular complexity index is 1160. The van der Waals surface area contributed by atoms with Gasteiger partial charge in [-0.05, 0) is 22.8 Å². The highest BCUT2D eigenvalue weighted by molar-refractivity contribution is 6.07. The van der Waals surface area contributed by atoms with Crippen LogP contribution in [-0.4, -0.2) is 22.6 Å². The summed E-state index contributed by atoms with van der Waals surface area (Å²) < 4.78 is 10.1. The van der Waals surface area contributed by atoms with E-state index in [-0.39, 0.29) is 0 Å². The lowest BCUT2D eigenvalue weighted by Crippen LogP contribution is -1.99. The van der Waals surface area contributed by atoms with E-state index in [9.17, 15) is 0 Å². The maximum absolute atomic E-state index is 6.03. The van der Waals surface area contributed by atoms with Crippen molar-refractivity contribution in [2.45, 2.75) is 0 Å². The topological polar surface area (TPSA) is 32.0 Å². The Balaban J connectivity index is 1.87. The van der Waals surface area contributed by atoms with E-state index in [1.807, 2.05) is 52.6 Å². The molecule has 0 spiro atoms. The molecule has 1 aliphatic rings.